The van der Waals surface area contributed by atoms with Crippen LogP contribution in [0.1, 0.15) is 296 Å². The molecule has 2 heterocycles. The van der Waals surface area contributed by atoms with Gasteiger partial charge in [0.15, 0.2) is 12.6 Å². The van der Waals surface area contributed by atoms with Gasteiger partial charge in [0, 0.05) is 6.42 Å². The van der Waals surface area contributed by atoms with Crippen LogP contribution < -0.4 is 5.32 Å². The van der Waals surface area contributed by atoms with Gasteiger partial charge in [0.05, 0.1) is 32.0 Å². The summed E-state index contributed by atoms with van der Waals surface area (Å²) in [5.41, 5.74) is 0. The predicted molar refractivity (Wildman–Crippen MR) is 323 cm³/mol. The number of ether oxygens (including phenoxy) is 4. The summed E-state index contributed by atoms with van der Waals surface area (Å²) < 4.78 is 22.9. The maximum atomic E-state index is 13.3. The summed E-state index contributed by atoms with van der Waals surface area (Å²) in [6, 6.07) is -0.831. The number of hydrogen-bond donors (Lipinski definition) is 9. The molecular weight excluding hydrogens is 1010 g/mol. The number of unbranched alkanes of at least 4 members (excludes halogenated alkanes) is 38. The van der Waals surface area contributed by atoms with Gasteiger partial charge < -0.3 is 65.1 Å². The molecular formula is C66H125NO13. The minimum Gasteiger partial charge on any atom is -0.394 e. The van der Waals surface area contributed by atoms with E-state index in [1.807, 2.05) is 0 Å². The third kappa shape index (κ3) is 36.3. The van der Waals surface area contributed by atoms with E-state index in [2.05, 4.69) is 43.5 Å². The Morgan fingerprint density at radius 1 is 0.450 bits per heavy atom. The van der Waals surface area contributed by atoms with Crippen LogP contribution in [0.3, 0.4) is 0 Å². The lowest BCUT2D eigenvalue weighted by molar-refractivity contribution is -0.359. The molecule has 2 rings (SSSR count). The van der Waals surface area contributed by atoms with Crippen LogP contribution in [0.4, 0.5) is 0 Å². The van der Waals surface area contributed by atoms with E-state index < -0.39 is 86.8 Å². The predicted octanol–water partition coefficient (Wildman–Crippen LogP) is 12.8. The zero-order valence-electron chi connectivity index (χ0n) is 51.1. The highest BCUT2D eigenvalue weighted by Crippen LogP contribution is 2.30. The Bertz CT molecular complexity index is 1440. The minimum absolute atomic E-state index is 0.207. The molecule has 0 aliphatic carbocycles. The number of rotatable bonds is 55. The van der Waals surface area contributed by atoms with Gasteiger partial charge in [-0.25, -0.2) is 0 Å². The number of carbonyl (C=O) groups is 1. The fourth-order valence-electron chi connectivity index (χ4n) is 11.3. The first-order valence-corrected chi connectivity index (χ1v) is 33.6. The highest BCUT2D eigenvalue weighted by molar-refractivity contribution is 5.76. The molecule has 1 amide bonds. The number of aliphatic hydroxyl groups excluding tert-OH is 8. The Balaban J connectivity index is 1.70. The van der Waals surface area contributed by atoms with Gasteiger partial charge in [-0.2, -0.15) is 0 Å². The van der Waals surface area contributed by atoms with E-state index in [9.17, 15) is 45.6 Å². The van der Waals surface area contributed by atoms with Gasteiger partial charge in [-0.15, -0.1) is 0 Å². The molecule has 2 fully saturated rings. The van der Waals surface area contributed by atoms with Crippen LogP contribution in [0.25, 0.3) is 0 Å². The number of amides is 1. The monoisotopic (exact) mass is 1140 g/mol. The van der Waals surface area contributed by atoms with Gasteiger partial charge in [-0.05, 0) is 44.9 Å². The first kappa shape index (κ1) is 74.6. The van der Waals surface area contributed by atoms with E-state index >= 15 is 0 Å². The van der Waals surface area contributed by atoms with Gasteiger partial charge in [-0.1, -0.05) is 269 Å². The zero-order chi connectivity index (χ0) is 58.1. The summed E-state index contributed by atoms with van der Waals surface area (Å²) in [6.07, 6.45) is 46.1. The van der Waals surface area contributed by atoms with Gasteiger partial charge in [0.1, 0.15) is 48.8 Å². The second-order valence-corrected chi connectivity index (χ2v) is 24.0. The van der Waals surface area contributed by atoms with E-state index in [0.717, 1.165) is 64.2 Å². The number of carbonyl (C=O) groups excluding carboxylic acids is 1. The third-order valence-corrected chi connectivity index (χ3v) is 16.7. The highest BCUT2D eigenvalue weighted by Gasteiger charge is 2.51. The van der Waals surface area contributed by atoms with Crippen molar-refractivity contribution in [2.75, 3.05) is 19.8 Å². The van der Waals surface area contributed by atoms with Crippen molar-refractivity contribution in [3.63, 3.8) is 0 Å². The molecule has 0 spiro atoms. The fraction of sp³-hybridized carbons (Fsp3) is 0.924. The first-order valence-electron chi connectivity index (χ1n) is 33.6. The van der Waals surface area contributed by atoms with Gasteiger partial charge in [0.25, 0.3) is 0 Å². The SMILES string of the molecule is CCCCCCC/C=C\C/C=C\CCCCCCCCCCCC(=O)NC(COC1OC(CO)C(OC2OC(CO)C(O)C(O)C2O)C(O)C1O)C(O)CCCCCCCCCCCCCCCCCCCCCCCCCCC. The molecule has 0 aromatic rings. The van der Waals surface area contributed by atoms with E-state index in [1.54, 1.807) is 0 Å². The third-order valence-electron chi connectivity index (χ3n) is 16.7. The number of nitrogens with one attached hydrogen (secondary N) is 1. The van der Waals surface area contributed by atoms with Crippen molar-refractivity contribution >= 4 is 5.91 Å². The molecule has 2 aliphatic heterocycles. The van der Waals surface area contributed by atoms with Crippen LogP contribution in [0, 0.1) is 0 Å². The molecule has 0 radical (unpaired) electrons. The lowest BCUT2D eigenvalue weighted by Crippen LogP contribution is -2.65. The molecule has 14 nitrogen and oxygen atoms in total. The van der Waals surface area contributed by atoms with Crippen molar-refractivity contribution in [1.82, 2.24) is 5.32 Å². The average molecular weight is 1140 g/mol. The van der Waals surface area contributed by atoms with E-state index in [-0.39, 0.29) is 12.5 Å². The summed E-state index contributed by atoms with van der Waals surface area (Å²) in [5, 5.41) is 87.5. The van der Waals surface area contributed by atoms with Crippen molar-refractivity contribution < 1.29 is 64.6 Å². The Labute approximate surface area is 488 Å². The van der Waals surface area contributed by atoms with E-state index in [4.69, 9.17) is 18.9 Å². The minimum atomic E-state index is -1.78. The number of allylic oxidation sites excluding steroid dienone is 4. The lowest BCUT2D eigenvalue weighted by Gasteiger charge is -2.46. The van der Waals surface area contributed by atoms with Crippen LogP contribution in [-0.2, 0) is 23.7 Å². The summed E-state index contributed by atoms with van der Waals surface area (Å²) in [4.78, 5) is 13.3. The molecule has 0 aromatic carbocycles. The smallest absolute Gasteiger partial charge is 0.220 e. The summed E-state index contributed by atoms with van der Waals surface area (Å²) in [7, 11) is 0. The summed E-state index contributed by atoms with van der Waals surface area (Å²) in [6.45, 7) is 2.89. The molecule has 12 atom stereocenters. The van der Waals surface area contributed by atoms with Crippen molar-refractivity contribution in [2.24, 2.45) is 0 Å². The number of hydrogen-bond acceptors (Lipinski definition) is 13. The molecule has 0 aromatic heterocycles. The second kappa shape index (κ2) is 51.9. The Hall–Kier alpha value is -1.53. The molecule has 12 unspecified atom stereocenters. The van der Waals surface area contributed by atoms with Crippen molar-refractivity contribution in [3.05, 3.63) is 24.3 Å². The fourth-order valence-corrected chi connectivity index (χ4v) is 11.3. The largest absolute Gasteiger partial charge is 0.394 e. The van der Waals surface area contributed by atoms with Crippen molar-refractivity contribution in [3.8, 4) is 0 Å². The van der Waals surface area contributed by atoms with Gasteiger partial charge >= 0.3 is 0 Å². The van der Waals surface area contributed by atoms with Crippen LogP contribution in [-0.4, -0.2) is 140 Å². The standard InChI is InChI=1S/C66H125NO13/c1-3-5-7-9-11-13-15-17-19-21-23-25-26-27-28-30-31-33-35-37-39-41-43-45-47-49-55(70)54(53-77-65-63(76)61(74)64(57(52-69)79-65)80-66-62(75)60(73)59(72)56(51-68)78-66)67-58(71)50-48-46-44-42-40-38-36-34-32-29-24-22-20-18-16-14-12-10-8-6-4-2/h16,18,22,24,54-57,59-66,68-70,72-76H,3-15,17,19-21,23,25-53H2,1-2H3,(H,67,71)/b18-16-,24-22-. The molecule has 2 aliphatic rings. The van der Waals surface area contributed by atoms with Crippen molar-refractivity contribution in [1.29, 1.82) is 0 Å². The van der Waals surface area contributed by atoms with Crippen LogP contribution in [0.5, 0.6) is 0 Å². The maximum Gasteiger partial charge on any atom is 0.220 e. The van der Waals surface area contributed by atoms with Gasteiger partial charge in [0.2, 0.25) is 5.91 Å². The quantitative estimate of drug-likeness (QED) is 0.0204. The Morgan fingerprint density at radius 3 is 1.25 bits per heavy atom. The maximum absolute atomic E-state index is 13.3. The van der Waals surface area contributed by atoms with Crippen molar-refractivity contribution in [2.45, 2.75) is 370 Å². The molecule has 0 bridgehead atoms. The Morgan fingerprint density at radius 2 is 0.825 bits per heavy atom. The Kier molecular flexibility index (Phi) is 48.3. The topological polar surface area (TPSA) is 228 Å². The van der Waals surface area contributed by atoms with Crippen LogP contribution >= 0.6 is 0 Å². The normalized spacial score (nSPS) is 24.3. The average Bonchev–Trinajstić information content (AvgIpc) is 3.46. The zero-order valence-corrected chi connectivity index (χ0v) is 51.1. The van der Waals surface area contributed by atoms with Crippen LogP contribution in [0.2, 0.25) is 0 Å². The van der Waals surface area contributed by atoms with E-state index in [0.29, 0.717) is 12.8 Å². The summed E-state index contributed by atoms with van der Waals surface area (Å²) >= 11 is 0. The highest BCUT2D eigenvalue weighted by atomic mass is 16.7. The molecule has 472 valence electrons. The molecule has 80 heavy (non-hydrogen) atoms. The van der Waals surface area contributed by atoms with Crippen LogP contribution in [0.15, 0.2) is 24.3 Å². The lowest BCUT2D eigenvalue weighted by atomic mass is 9.97. The second-order valence-electron chi connectivity index (χ2n) is 24.0. The van der Waals surface area contributed by atoms with E-state index in [1.165, 1.54) is 205 Å². The molecule has 9 N–H and O–H groups in total. The molecule has 14 heteroatoms. The summed E-state index contributed by atoms with van der Waals surface area (Å²) in [5.74, 6) is -0.207. The van der Waals surface area contributed by atoms with Gasteiger partial charge in [-0.3, -0.25) is 4.79 Å². The molecule has 0 saturated carbocycles. The number of aliphatic hydroxyl groups is 8. The first-order chi connectivity index (χ1) is 39.1. The molecule has 2 saturated heterocycles.